The van der Waals surface area contributed by atoms with Crippen LogP contribution >= 0.6 is 11.3 Å². The minimum atomic E-state index is -0.567. The lowest BCUT2D eigenvalue weighted by Gasteiger charge is -2.20. The highest BCUT2D eigenvalue weighted by Gasteiger charge is 2.20. The number of rotatable bonds is 4. The second-order valence-electron chi connectivity index (χ2n) is 4.49. The minimum Gasteiger partial charge on any atom is -0.385 e. The first kappa shape index (κ1) is 12.2. The fraction of sp³-hybridized carbons (Fsp3) is 0.125. The zero-order valence-corrected chi connectivity index (χ0v) is 11.3. The third-order valence-electron chi connectivity index (χ3n) is 3.27. The highest BCUT2D eigenvalue weighted by molar-refractivity contribution is 7.19. The molecule has 96 valence electrons. The fourth-order valence-corrected chi connectivity index (χ4v) is 3.37. The predicted octanol–water partition coefficient (Wildman–Crippen LogP) is 4.16. The molecule has 0 saturated heterocycles. The molecule has 3 rings (SSSR count). The van der Waals surface area contributed by atoms with Gasteiger partial charge in [-0.3, -0.25) is 0 Å². The summed E-state index contributed by atoms with van der Waals surface area (Å²) < 4.78 is 3.18. The average molecular weight is 269 g/mol. The zero-order chi connectivity index (χ0) is 13.2. The molecule has 3 aromatic rings. The van der Waals surface area contributed by atoms with Gasteiger partial charge in [-0.15, -0.1) is 17.9 Å². The van der Waals surface area contributed by atoms with E-state index in [9.17, 15) is 5.11 Å². The Morgan fingerprint density at radius 3 is 2.58 bits per heavy atom. The number of fused-ring (bicyclic) bond motifs is 1. The van der Waals surface area contributed by atoms with Gasteiger partial charge in [0, 0.05) is 22.0 Å². The highest BCUT2D eigenvalue weighted by Crippen LogP contribution is 2.35. The molecule has 3 heteroatoms. The van der Waals surface area contributed by atoms with Gasteiger partial charge in [0.05, 0.1) is 6.04 Å². The smallest absolute Gasteiger partial charge is 0.112 e. The van der Waals surface area contributed by atoms with Crippen LogP contribution in [0.2, 0.25) is 0 Å². The Labute approximate surface area is 116 Å². The van der Waals surface area contributed by atoms with Crippen molar-refractivity contribution in [3.05, 3.63) is 72.4 Å². The molecular formula is C16H15NOS. The number of nitrogens with zero attached hydrogens (tertiary/aromatic N) is 1. The maximum Gasteiger partial charge on any atom is 0.112 e. The summed E-state index contributed by atoms with van der Waals surface area (Å²) in [5.41, 5.74) is 0. The summed E-state index contributed by atoms with van der Waals surface area (Å²) >= 11 is 1.64. The molecule has 0 aliphatic heterocycles. The van der Waals surface area contributed by atoms with Crippen LogP contribution in [-0.4, -0.2) is 9.67 Å². The molecule has 2 aromatic heterocycles. The Kier molecular flexibility index (Phi) is 3.23. The third kappa shape index (κ3) is 2.23. The Morgan fingerprint density at radius 2 is 1.89 bits per heavy atom. The van der Waals surface area contributed by atoms with Gasteiger partial charge in [0.15, 0.2) is 0 Å². The molecule has 2 heterocycles. The van der Waals surface area contributed by atoms with Gasteiger partial charge in [0.1, 0.15) is 6.10 Å². The van der Waals surface area contributed by atoms with Crippen molar-refractivity contribution in [1.82, 2.24) is 4.57 Å². The standard InChI is InChI=1S/C16H15NOS/c1-2-13(17-9-5-6-10-17)16(18)15-11-12-7-3-4-8-14(12)19-15/h2-11,13,16,18H,1H2/t13-,16+/m0/s1. The van der Waals surface area contributed by atoms with Crippen LogP contribution in [0.3, 0.4) is 0 Å². The Morgan fingerprint density at radius 1 is 1.16 bits per heavy atom. The van der Waals surface area contributed by atoms with Crippen LogP contribution in [0.1, 0.15) is 17.0 Å². The highest BCUT2D eigenvalue weighted by atomic mass is 32.1. The number of benzene rings is 1. The second kappa shape index (κ2) is 5.03. The summed E-state index contributed by atoms with van der Waals surface area (Å²) in [6.45, 7) is 3.84. The molecule has 1 aromatic carbocycles. The Hall–Kier alpha value is -1.84. The number of thiophene rings is 1. The lowest BCUT2D eigenvalue weighted by molar-refractivity contribution is 0.139. The fourth-order valence-electron chi connectivity index (χ4n) is 2.28. The van der Waals surface area contributed by atoms with Crippen molar-refractivity contribution < 1.29 is 5.11 Å². The molecular weight excluding hydrogens is 254 g/mol. The van der Waals surface area contributed by atoms with Crippen molar-refractivity contribution in [2.45, 2.75) is 12.1 Å². The van der Waals surface area contributed by atoms with Gasteiger partial charge < -0.3 is 9.67 Å². The minimum absolute atomic E-state index is 0.136. The van der Waals surface area contributed by atoms with Gasteiger partial charge in [0.2, 0.25) is 0 Å². The molecule has 0 aliphatic carbocycles. The Bertz CT molecular complexity index is 651. The van der Waals surface area contributed by atoms with E-state index in [4.69, 9.17) is 0 Å². The molecule has 19 heavy (non-hydrogen) atoms. The molecule has 0 saturated carbocycles. The normalized spacial score (nSPS) is 14.4. The first-order valence-electron chi connectivity index (χ1n) is 6.21. The van der Waals surface area contributed by atoms with Crippen molar-refractivity contribution in [3.8, 4) is 0 Å². The van der Waals surface area contributed by atoms with E-state index in [1.807, 2.05) is 41.2 Å². The number of aliphatic hydroxyl groups is 1. The second-order valence-corrected chi connectivity index (χ2v) is 5.60. The predicted molar refractivity (Wildman–Crippen MR) is 80.5 cm³/mol. The average Bonchev–Trinajstić information content (AvgIpc) is 3.08. The molecule has 0 fully saturated rings. The van der Waals surface area contributed by atoms with Gasteiger partial charge in [0.25, 0.3) is 0 Å². The van der Waals surface area contributed by atoms with Gasteiger partial charge in [-0.05, 0) is 29.7 Å². The molecule has 0 aliphatic rings. The quantitative estimate of drug-likeness (QED) is 0.707. The number of hydrogen-bond acceptors (Lipinski definition) is 2. The van der Waals surface area contributed by atoms with Gasteiger partial charge in [-0.2, -0.15) is 0 Å². The van der Waals surface area contributed by atoms with Crippen LogP contribution in [-0.2, 0) is 0 Å². The van der Waals surface area contributed by atoms with E-state index in [2.05, 4.69) is 24.8 Å². The molecule has 2 atom stereocenters. The van der Waals surface area contributed by atoms with E-state index in [1.54, 1.807) is 17.4 Å². The Balaban J connectivity index is 1.98. The van der Waals surface area contributed by atoms with Crippen molar-refractivity contribution >= 4 is 21.4 Å². The van der Waals surface area contributed by atoms with Crippen molar-refractivity contribution in [2.75, 3.05) is 0 Å². The first-order chi connectivity index (χ1) is 9.29. The van der Waals surface area contributed by atoms with Crippen molar-refractivity contribution in [3.63, 3.8) is 0 Å². The number of hydrogen-bond donors (Lipinski definition) is 1. The van der Waals surface area contributed by atoms with E-state index in [0.29, 0.717) is 0 Å². The van der Waals surface area contributed by atoms with Gasteiger partial charge in [-0.25, -0.2) is 0 Å². The summed E-state index contributed by atoms with van der Waals surface area (Å²) in [4.78, 5) is 0.972. The number of aliphatic hydroxyl groups excluding tert-OH is 1. The topological polar surface area (TPSA) is 25.2 Å². The van der Waals surface area contributed by atoms with Crippen LogP contribution in [0.25, 0.3) is 10.1 Å². The van der Waals surface area contributed by atoms with Crippen LogP contribution in [0, 0.1) is 0 Å². The molecule has 0 unspecified atom stereocenters. The van der Waals surface area contributed by atoms with Crippen LogP contribution < -0.4 is 0 Å². The maximum absolute atomic E-state index is 10.6. The molecule has 0 amide bonds. The molecule has 0 bridgehead atoms. The summed E-state index contributed by atoms with van der Waals surface area (Å²) in [6.07, 6.45) is 5.11. The van der Waals surface area contributed by atoms with E-state index < -0.39 is 6.10 Å². The molecule has 2 nitrogen and oxygen atoms in total. The van der Waals surface area contributed by atoms with Crippen molar-refractivity contribution in [2.24, 2.45) is 0 Å². The van der Waals surface area contributed by atoms with Crippen molar-refractivity contribution in [1.29, 1.82) is 0 Å². The van der Waals surface area contributed by atoms with Gasteiger partial charge in [-0.1, -0.05) is 24.3 Å². The molecule has 1 N–H and O–H groups in total. The first-order valence-corrected chi connectivity index (χ1v) is 7.03. The lowest BCUT2D eigenvalue weighted by Crippen LogP contribution is -2.13. The van der Waals surface area contributed by atoms with Crippen LogP contribution in [0.5, 0.6) is 0 Å². The molecule has 0 spiro atoms. The zero-order valence-electron chi connectivity index (χ0n) is 10.4. The SMILES string of the molecule is C=C[C@@H]([C@@H](O)c1cc2ccccc2s1)n1cccc1. The summed E-state index contributed by atoms with van der Waals surface area (Å²) in [6, 6.07) is 14.0. The van der Waals surface area contributed by atoms with Gasteiger partial charge >= 0.3 is 0 Å². The summed E-state index contributed by atoms with van der Waals surface area (Å²) in [7, 11) is 0. The van der Waals surface area contributed by atoms with Crippen LogP contribution in [0.15, 0.2) is 67.5 Å². The lowest BCUT2D eigenvalue weighted by atomic mass is 10.1. The summed E-state index contributed by atoms with van der Waals surface area (Å²) in [5, 5.41) is 11.7. The number of aromatic nitrogens is 1. The van der Waals surface area contributed by atoms with E-state index in [1.165, 1.54) is 10.1 Å². The third-order valence-corrected chi connectivity index (χ3v) is 4.46. The largest absolute Gasteiger partial charge is 0.385 e. The maximum atomic E-state index is 10.6. The summed E-state index contributed by atoms with van der Waals surface area (Å²) in [5.74, 6) is 0. The monoisotopic (exact) mass is 269 g/mol. The van der Waals surface area contributed by atoms with Crippen LogP contribution in [0.4, 0.5) is 0 Å². The van der Waals surface area contributed by atoms with E-state index >= 15 is 0 Å². The van der Waals surface area contributed by atoms with E-state index in [0.717, 1.165) is 4.88 Å². The van der Waals surface area contributed by atoms with E-state index in [-0.39, 0.29) is 6.04 Å². The molecule has 0 radical (unpaired) electrons.